The van der Waals surface area contributed by atoms with E-state index in [0.717, 1.165) is 44.8 Å². The molecule has 2 unspecified atom stereocenters. The van der Waals surface area contributed by atoms with E-state index in [1.807, 2.05) is 0 Å². The third-order valence-corrected chi connectivity index (χ3v) is 9.96. The largest absolute Gasteiger partial charge is 0.327 e. The van der Waals surface area contributed by atoms with E-state index in [1.54, 1.807) is 11.8 Å². The first-order chi connectivity index (χ1) is 13.6. The Hall–Kier alpha value is -0.810. The molecular weight excluding hydrogens is 430 g/mol. The van der Waals surface area contributed by atoms with Gasteiger partial charge in [0.2, 0.25) is 20.0 Å². The Morgan fingerprint density at radius 1 is 1.24 bits per heavy atom. The summed E-state index contributed by atoms with van der Waals surface area (Å²) in [7, 11) is -6.83. The summed E-state index contributed by atoms with van der Waals surface area (Å²) in [6.07, 6.45) is 16.1. The van der Waals surface area contributed by atoms with Gasteiger partial charge in [-0.1, -0.05) is 12.5 Å². The lowest BCUT2D eigenvalue weighted by Gasteiger charge is -2.44. The lowest BCUT2D eigenvalue weighted by molar-refractivity contribution is 0.266. The summed E-state index contributed by atoms with van der Waals surface area (Å²) >= 11 is 1.68. The summed E-state index contributed by atoms with van der Waals surface area (Å²) in [6, 6.07) is 0. The minimum absolute atomic E-state index is 0.0439. The van der Waals surface area contributed by atoms with Gasteiger partial charge in [0.15, 0.2) is 0 Å². The van der Waals surface area contributed by atoms with E-state index in [1.165, 1.54) is 33.2 Å². The van der Waals surface area contributed by atoms with Gasteiger partial charge in [0.05, 0.1) is 17.9 Å². The van der Waals surface area contributed by atoms with Gasteiger partial charge in [0, 0.05) is 41.5 Å². The van der Waals surface area contributed by atoms with E-state index >= 15 is 0 Å². The molecule has 1 saturated heterocycles. The number of hydrogen-bond donors (Lipinski definition) is 1. The number of hydrogen-bond acceptors (Lipinski definition) is 6. The van der Waals surface area contributed by atoms with Crippen LogP contribution in [0.25, 0.3) is 0 Å². The predicted octanol–water partition coefficient (Wildman–Crippen LogP) is 2.54. The van der Waals surface area contributed by atoms with Crippen LogP contribution in [0.3, 0.4) is 0 Å². The van der Waals surface area contributed by atoms with Crippen molar-refractivity contribution in [3.05, 3.63) is 34.7 Å². The van der Waals surface area contributed by atoms with Gasteiger partial charge in [0.25, 0.3) is 0 Å². The molecule has 2 fully saturated rings. The first kappa shape index (κ1) is 21.4. The Morgan fingerprint density at radius 2 is 2.03 bits per heavy atom. The normalized spacial score (nSPS) is 29.6. The molecule has 10 heteroatoms. The van der Waals surface area contributed by atoms with Crippen molar-refractivity contribution in [2.75, 3.05) is 25.6 Å². The predicted molar refractivity (Wildman–Crippen MR) is 117 cm³/mol. The second-order valence-corrected chi connectivity index (χ2v) is 13.3. The number of fused-ring (bicyclic) bond motifs is 1. The fourth-order valence-electron chi connectivity index (χ4n) is 5.02. The van der Waals surface area contributed by atoms with Crippen LogP contribution in [0.15, 0.2) is 34.7 Å². The third kappa shape index (κ3) is 4.19. The number of sulfonamides is 2. The molecule has 2 atom stereocenters. The number of allylic oxidation sites excluding steroid dienone is 4. The van der Waals surface area contributed by atoms with Gasteiger partial charge < -0.3 is 4.90 Å². The molecule has 0 radical (unpaired) electrons. The number of nitrogens with zero attached hydrogens (tertiary/aromatic N) is 2. The minimum Gasteiger partial charge on any atom is -0.327 e. The van der Waals surface area contributed by atoms with Crippen molar-refractivity contribution in [2.45, 2.75) is 50.3 Å². The molecular formula is C19H29N3O4S3. The fourth-order valence-corrected chi connectivity index (χ4v) is 8.75. The SMILES string of the molecule is CS(=O)(=O)NCCN(C1CC23CCCCC2=CN2C=CCCC2=C3S1)S(C)(=O)=O. The van der Waals surface area contributed by atoms with Gasteiger partial charge in [-0.05, 0) is 44.1 Å². The average Bonchev–Trinajstić information content (AvgIpc) is 3.00. The van der Waals surface area contributed by atoms with Gasteiger partial charge in [0.1, 0.15) is 0 Å². The number of rotatable bonds is 6. The van der Waals surface area contributed by atoms with Gasteiger partial charge >= 0.3 is 0 Å². The van der Waals surface area contributed by atoms with Crippen LogP contribution in [0.5, 0.6) is 0 Å². The zero-order valence-corrected chi connectivity index (χ0v) is 19.4. The summed E-state index contributed by atoms with van der Waals surface area (Å²) < 4.78 is 52.0. The third-order valence-electron chi connectivity index (χ3n) is 6.25. The molecule has 0 amide bonds. The van der Waals surface area contributed by atoms with Crippen molar-refractivity contribution >= 4 is 31.8 Å². The maximum Gasteiger partial charge on any atom is 0.212 e. The molecule has 29 heavy (non-hydrogen) atoms. The average molecular weight is 460 g/mol. The highest BCUT2D eigenvalue weighted by molar-refractivity contribution is 8.04. The Bertz CT molecular complexity index is 984. The van der Waals surface area contributed by atoms with E-state index in [9.17, 15) is 16.8 Å². The Kier molecular flexibility index (Phi) is 5.69. The van der Waals surface area contributed by atoms with Crippen molar-refractivity contribution in [3.8, 4) is 0 Å². The van der Waals surface area contributed by atoms with E-state index in [4.69, 9.17) is 0 Å². The molecule has 0 bridgehead atoms. The summed E-state index contributed by atoms with van der Waals surface area (Å²) in [6.45, 7) is 0.227. The van der Waals surface area contributed by atoms with Crippen LogP contribution in [0.1, 0.15) is 44.9 Å². The summed E-state index contributed by atoms with van der Waals surface area (Å²) in [5.74, 6) is 0. The summed E-state index contributed by atoms with van der Waals surface area (Å²) in [5.41, 5.74) is 2.69. The zero-order chi connectivity index (χ0) is 20.9. The Labute approximate surface area is 178 Å². The fraction of sp³-hybridized carbons (Fsp3) is 0.684. The molecule has 0 aromatic rings. The van der Waals surface area contributed by atoms with Gasteiger partial charge in [-0.15, -0.1) is 11.8 Å². The molecule has 3 aliphatic heterocycles. The van der Waals surface area contributed by atoms with Crippen LogP contribution in [0.2, 0.25) is 0 Å². The number of thioether (sulfide) groups is 1. The molecule has 3 heterocycles. The topological polar surface area (TPSA) is 86.8 Å². The highest BCUT2D eigenvalue weighted by Gasteiger charge is 2.53. The van der Waals surface area contributed by atoms with Gasteiger partial charge in [-0.2, -0.15) is 4.31 Å². The molecule has 1 N–H and O–H groups in total. The summed E-state index contributed by atoms with van der Waals surface area (Å²) in [5, 5.41) is -0.207. The second kappa shape index (κ2) is 7.71. The highest BCUT2D eigenvalue weighted by atomic mass is 32.2. The van der Waals surface area contributed by atoms with Crippen LogP contribution in [-0.4, -0.2) is 57.0 Å². The maximum atomic E-state index is 12.6. The van der Waals surface area contributed by atoms with E-state index < -0.39 is 20.0 Å². The monoisotopic (exact) mass is 459 g/mol. The molecule has 4 aliphatic rings. The molecule has 0 aromatic carbocycles. The molecule has 7 nitrogen and oxygen atoms in total. The van der Waals surface area contributed by atoms with Crippen LogP contribution in [-0.2, 0) is 20.0 Å². The molecule has 1 aliphatic carbocycles. The number of nitrogens with one attached hydrogen (secondary N) is 1. The quantitative estimate of drug-likeness (QED) is 0.657. The molecule has 162 valence electrons. The second-order valence-electron chi connectivity index (χ2n) is 8.37. The van der Waals surface area contributed by atoms with Crippen molar-refractivity contribution < 1.29 is 16.8 Å². The standard InChI is InChI=1S/C19H29N3O4S3/c1-28(23,24)20-10-12-22(29(2,25)26)17-13-19-9-5-3-7-15(19)14-21-11-6-4-8-16(21)18(19)27-17/h6,11,14,17,20H,3-5,7-10,12-13H2,1-2H3. The van der Waals surface area contributed by atoms with Crippen LogP contribution < -0.4 is 4.72 Å². The van der Waals surface area contributed by atoms with Crippen LogP contribution in [0.4, 0.5) is 0 Å². The first-order valence-corrected chi connectivity index (χ1v) is 14.7. The Morgan fingerprint density at radius 3 is 2.76 bits per heavy atom. The highest BCUT2D eigenvalue weighted by Crippen LogP contribution is 2.64. The van der Waals surface area contributed by atoms with Crippen molar-refractivity contribution in [3.63, 3.8) is 0 Å². The van der Waals surface area contributed by atoms with Crippen molar-refractivity contribution in [2.24, 2.45) is 5.41 Å². The van der Waals surface area contributed by atoms with Gasteiger partial charge in [-0.3, -0.25) is 0 Å². The van der Waals surface area contributed by atoms with Gasteiger partial charge in [-0.25, -0.2) is 21.6 Å². The molecule has 4 rings (SSSR count). The van der Waals surface area contributed by atoms with Crippen molar-refractivity contribution in [1.82, 2.24) is 13.9 Å². The lowest BCUT2D eigenvalue weighted by atomic mass is 9.66. The molecule has 1 spiro atoms. The van der Waals surface area contributed by atoms with E-state index in [-0.39, 0.29) is 23.9 Å². The molecule has 0 aromatic heterocycles. The Balaban J connectivity index is 1.66. The van der Waals surface area contributed by atoms with Crippen LogP contribution in [0, 0.1) is 5.41 Å². The summed E-state index contributed by atoms with van der Waals surface area (Å²) in [4.78, 5) is 3.58. The smallest absolute Gasteiger partial charge is 0.212 e. The van der Waals surface area contributed by atoms with E-state index in [2.05, 4.69) is 28.1 Å². The van der Waals surface area contributed by atoms with Crippen LogP contribution >= 0.6 is 11.8 Å². The zero-order valence-electron chi connectivity index (χ0n) is 16.9. The minimum atomic E-state index is -3.47. The van der Waals surface area contributed by atoms with E-state index in [0.29, 0.717) is 0 Å². The first-order valence-electron chi connectivity index (χ1n) is 10.1. The van der Waals surface area contributed by atoms with Crippen molar-refractivity contribution in [1.29, 1.82) is 0 Å². The maximum absolute atomic E-state index is 12.6. The lowest BCUT2D eigenvalue weighted by Crippen LogP contribution is -2.43. The molecule has 1 saturated carbocycles.